The van der Waals surface area contributed by atoms with Crippen molar-refractivity contribution in [1.82, 2.24) is 10.2 Å². The number of rotatable bonds is 2. The molecule has 1 saturated heterocycles. The minimum absolute atomic E-state index is 0.296. The zero-order valence-corrected chi connectivity index (χ0v) is 14.3. The highest BCUT2D eigenvalue weighted by Crippen LogP contribution is 2.30. The molecule has 1 fully saturated rings. The van der Waals surface area contributed by atoms with Crippen molar-refractivity contribution in [3.05, 3.63) is 65.0 Å². The number of halogens is 1. The molecule has 4 rings (SSSR count). The Morgan fingerprint density at radius 2 is 2.04 bits per heavy atom. The Balaban J connectivity index is 1.61. The highest BCUT2D eigenvalue weighted by molar-refractivity contribution is 5.95. The van der Waals surface area contributed by atoms with Crippen molar-refractivity contribution in [2.45, 2.75) is 25.3 Å². The molecule has 1 unspecified atom stereocenters. The molecule has 0 saturated carbocycles. The zero-order valence-electron chi connectivity index (χ0n) is 14.3. The molecule has 0 aromatic heterocycles. The molecule has 1 heterocycles. The van der Waals surface area contributed by atoms with E-state index in [1.807, 2.05) is 12.1 Å². The summed E-state index contributed by atoms with van der Waals surface area (Å²) in [6, 6.07) is 10.6. The number of piperazine rings is 1. The van der Waals surface area contributed by atoms with Gasteiger partial charge in [-0.1, -0.05) is 24.3 Å². The van der Waals surface area contributed by atoms with Gasteiger partial charge >= 0.3 is 6.03 Å². The molecule has 0 radical (unpaired) electrons. The second-order valence-corrected chi connectivity index (χ2v) is 6.67. The number of carbonyl (C=O) groups excluding carboxylic acids is 2. The predicted octanol–water partition coefficient (Wildman–Crippen LogP) is 3.02. The maximum absolute atomic E-state index is 13.6. The SMILES string of the molecule is O=C1NCCN(C(=O)Nc2cccc3c2CCC3)C1c1cccc(F)c1. The lowest BCUT2D eigenvalue weighted by Crippen LogP contribution is -2.53. The number of hydrogen-bond acceptors (Lipinski definition) is 2. The topological polar surface area (TPSA) is 61.4 Å². The molecule has 3 amide bonds. The number of anilines is 1. The molecule has 134 valence electrons. The molecule has 0 bridgehead atoms. The molecule has 5 nitrogen and oxygen atoms in total. The van der Waals surface area contributed by atoms with E-state index in [0.717, 1.165) is 24.9 Å². The standard InChI is InChI=1S/C20H20FN3O2/c21-15-7-1-6-14(12-15)18-19(25)22-10-11-24(18)20(26)23-17-9-3-5-13-4-2-8-16(13)17/h1,3,5-7,9,12,18H,2,4,8,10-11H2,(H,22,25)(H,23,26). The number of aryl methyl sites for hydroxylation is 1. The van der Waals surface area contributed by atoms with E-state index < -0.39 is 11.9 Å². The Bertz CT molecular complexity index is 868. The third-order valence-electron chi connectivity index (χ3n) is 5.02. The van der Waals surface area contributed by atoms with Gasteiger partial charge in [0, 0.05) is 18.8 Å². The van der Waals surface area contributed by atoms with Crippen LogP contribution in [0.5, 0.6) is 0 Å². The van der Waals surface area contributed by atoms with Crippen LogP contribution in [0.15, 0.2) is 42.5 Å². The first-order chi connectivity index (χ1) is 12.6. The fraction of sp³-hybridized carbons (Fsp3) is 0.300. The lowest BCUT2D eigenvalue weighted by molar-refractivity contribution is -0.127. The van der Waals surface area contributed by atoms with Crippen LogP contribution < -0.4 is 10.6 Å². The molecule has 6 heteroatoms. The van der Waals surface area contributed by atoms with E-state index in [1.54, 1.807) is 12.1 Å². The zero-order chi connectivity index (χ0) is 18.1. The summed E-state index contributed by atoms with van der Waals surface area (Å²) in [6.45, 7) is 0.749. The summed E-state index contributed by atoms with van der Waals surface area (Å²) < 4.78 is 13.6. The monoisotopic (exact) mass is 353 g/mol. The van der Waals surface area contributed by atoms with E-state index in [0.29, 0.717) is 18.7 Å². The van der Waals surface area contributed by atoms with Gasteiger partial charge in [0.2, 0.25) is 5.91 Å². The summed E-state index contributed by atoms with van der Waals surface area (Å²) in [7, 11) is 0. The molecule has 2 aromatic rings. The quantitative estimate of drug-likeness (QED) is 0.872. The second-order valence-electron chi connectivity index (χ2n) is 6.67. The molecule has 26 heavy (non-hydrogen) atoms. The molecular weight excluding hydrogens is 333 g/mol. The molecule has 0 spiro atoms. The van der Waals surface area contributed by atoms with Crippen molar-refractivity contribution in [2.24, 2.45) is 0 Å². The second kappa shape index (κ2) is 6.78. The number of nitrogens with zero attached hydrogens (tertiary/aromatic N) is 1. The third kappa shape index (κ3) is 3.03. The van der Waals surface area contributed by atoms with Gasteiger partial charge in [0.15, 0.2) is 0 Å². The van der Waals surface area contributed by atoms with Gasteiger partial charge < -0.3 is 15.5 Å². The number of nitrogens with one attached hydrogen (secondary N) is 2. The fourth-order valence-electron chi connectivity index (χ4n) is 3.82. The van der Waals surface area contributed by atoms with Crippen molar-refractivity contribution >= 4 is 17.6 Å². The Morgan fingerprint density at radius 1 is 1.19 bits per heavy atom. The van der Waals surface area contributed by atoms with Crippen LogP contribution >= 0.6 is 0 Å². The lowest BCUT2D eigenvalue weighted by atomic mass is 10.0. The minimum Gasteiger partial charge on any atom is -0.352 e. The van der Waals surface area contributed by atoms with E-state index in [4.69, 9.17) is 0 Å². The van der Waals surface area contributed by atoms with E-state index in [1.165, 1.54) is 28.2 Å². The summed E-state index contributed by atoms with van der Waals surface area (Å²) in [6.07, 6.45) is 3.05. The van der Waals surface area contributed by atoms with Gasteiger partial charge in [-0.15, -0.1) is 0 Å². The van der Waals surface area contributed by atoms with E-state index >= 15 is 0 Å². The van der Waals surface area contributed by atoms with Crippen LogP contribution in [-0.2, 0) is 17.6 Å². The van der Waals surface area contributed by atoms with Gasteiger partial charge in [0.25, 0.3) is 0 Å². The largest absolute Gasteiger partial charge is 0.352 e. The van der Waals surface area contributed by atoms with Crippen LogP contribution in [-0.4, -0.2) is 29.9 Å². The summed E-state index contributed by atoms with van der Waals surface area (Å²) in [4.78, 5) is 26.8. The molecule has 2 aliphatic rings. The Morgan fingerprint density at radius 3 is 2.88 bits per heavy atom. The number of urea groups is 1. The molecular formula is C20H20FN3O2. The van der Waals surface area contributed by atoms with E-state index in [2.05, 4.69) is 16.7 Å². The highest BCUT2D eigenvalue weighted by atomic mass is 19.1. The normalized spacial score (nSPS) is 19.0. The predicted molar refractivity (Wildman–Crippen MR) is 96.3 cm³/mol. The summed E-state index contributed by atoms with van der Waals surface area (Å²) >= 11 is 0. The molecule has 1 atom stereocenters. The summed E-state index contributed by atoms with van der Waals surface area (Å²) in [5.74, 6) is -0.725. The van der Waals surface area contributed by atoms with E-state index in [-0.39, 0.29) is 11.9 Å². The van der Waals surface area contributed by atoms with Crippen molar-refractivity contribution < 1.29 is 14.0 Å². The van der Waals surface area contributed by atoms with Crippen LogP contribution in [0.2, 0.25) is 0 Å². The molecule has 1 aliphatic heterocycles. The average molecular weight is 353 g/mol. The van der Waals surface area contributed by atoms with E-state index in [9.17, 15) is 14.0 Å². The first-order valence-electron chi connectivity index (χ1n) is 8.85. The smallest absolute Gasteiger partial charge is 0.322 e. The van der Waals surface area contributed by atoms with Crippen LogP contribution in [0.4, 0.5) is 14.9 Å². The number of fused-ring (bicyclic) bond motifs is 1. The maximum atomic E-state index is 13.6. The summed E-state index contributed by atoms with van der Waals surface area (Å²) in [5.41, 5.74) is 3.70. The van der Waals surface area contributed by atoms with Crippen LogP contribution in [0.25, 0.3) is 0 Å². The van der Waals surface area contributed by atoms with Crippen molar-refractivity contribution in [1.29, 1.82) is 0 Å². The van der Waals surface area contributed by atoms with Crippen LogP contribution in [0.1, 0.15) is 29.2 Å². The Hall–Kier alpha value is -2.89. The van der Waals surface area contributed by atoms with Gasteiger partial charge in [-0.3, -0.25) is 4.79 Å². The fourth-order valence-corrected chi connectivity index (χ4v) is 3.82. The Labute approximate surface area is 151 Å². The minimum atomic E-state index is -0.837. The molecule has 2 aromatic carbocycles. The number of amides is 3. The molecule has 2 N–H and O–H groups in total. The van der Waals surface area contributed by atoms with Crippen molar-refractivity contribution in [3.8, 4) is 0 Å². The van der Waals surface area contributed by atoms with Gasteiger partial charge in [0.05, 0.1) is 0 Å². The van der Waals surface area contributed by atoms with Crippen LogP contribution in [0, 0.1) is 5.82 Å². The van der Waals surface area contributed by atoms with Gasteiger partial charge in [-0.25, -0.2) is 9.18 Å². The number of benzene rings is 2. The number of carbonyl (C=O) groups is 2. The lowest BCUT2D eigenvalue weighted by Gasteiger charge is -2.35. The number of hydrogen-bond donors (Lipinski definition) is 2. The third-order valence-corrected chi connectivity index (χ3v) is 5.02. The first kappa shape index (κ1) is 16.6. The first-order valence-corrected chi connectivity index (χ1v) is 8.85. The maximum Gasteiger partial charge on any atom is 0.322 e. The summed E-state index contributed by atoms with van der Waals surface area (Å²) in [5, 5.41) is 5.72. The Kier molecular flexibility index (Phi) is 4.32. The van der Waals surface area contributed by atoms with Crippen molar-refractivity contribution in [2.75, 3.05) is 18.4 Å². The average Bonchev–Trinajstić information content (AvgIpc) is 3.11. The molecule has 1 aliphatic carbocycles. The van der Waals surface area contributed by atoms with Crippen LogP contribution in [0.3, 0.4) is 0 Å². The van der Waals surface area contributed by atoms with Gasteiger partial charge in [-0.2, -0.15) is 0 Å². The highest BCUT2D eigenvalue weighted by Gasteiger charge is 2.35. The van der Waals surface area contributed by atoms with Gasteiger partial charge in [0.1, 0.15) is 11.9 Å². The van der Waals surface area contributed by atoms with Crippen molar-refractivity contribution in [3.63, 3.8) is 0 Å². The van der Waals surface area contributed by atoms with Gasteiger partial charge in [-0.05, 0) is 54.2 Å².